The van der Waals surface area contributed by atoms with Gasteiger partial charge in [0.05, 0.1) is 11.7 Å². The summed E-state index contributed by atoms with van der Waals surface area (Å²) >= 11 is 8.94. The fourth-order valence-electron chi connectivity index (χ4n) is 2.53. The van der Waals surface area contributed by atoms with Crippen LogP contribution in [0.4, 0.5) is 5.13 Å². The highest BCUT2D eigenvalue weighted by Crippen LogP contribution is 2.32. The molecule has 4 aromatic rings. The number of halogens is 1. The van der Waals surface area contributed by atoms with Crippen molar-refractivity contribution in [1.29, 1.82) is 0 Å². The highest BCUT2D eigenvalue weighted by Gasteiger charge is 2.17. The van der Waals surface area contributed by atoms with Gasteiger partial charge >= 0.3 is 0 Å². The van der Waals surface area contributed by atoms with Crippen LogP contribution in [-0.2, 0) is 0 Å². The monoisotopic (exact) mass is 403 g/mol. The molecule has 0 saturated heterocycles. The lowest BCUT2D eigenvalue weighted by molar-refractivity contribution is 0.840. The van der Waals surface area contributed by atoms with E-state index in [1.165, 1.54) is 28.1 Å². The van der Waals surface area contributed by atoms with Crippen LogP contribution in [0.25, 0.3) is 16.2 Å². The summed E-state index contributed by atoms with van der Waals surface area (Å²) in [6.07, 6.45) is 1.49. The number of thiazole rings is 1. The third kappa shape index (κ3) is 3.23. The molecule has 0 aliphatic carbocycles. The zero-order valence-corrected chi connectivity index (χ0v) is 16.3. The lowest BCUT2D eigenvalue weighted by Crippen LogP contribution is -2.13. The Morgan fingerprint density at radius 1 is 1.19 bits per heavy atom. The summed E-state index contributed by atoms with van der Waals surface area (Å²) in [5.41, 5.74) is 1.80. The number of hydrogen-bond acceptors (Lipinski definition) is 7. The number of nitrogens with zero attached hydrogens (tertiary/aromatic N) is 4. The minimum atomic E-state index is -0.193. The van der Waals surface area contributed by atoms with Gasteiger partial charge in [-0.3, -0.25) is 4.79 Å². The average Bonchev–Trinajstić information content (AvgIpc) is 3.20. The first-order valence-electron chi connectivity index (χ1n) is 7.86. The number of fused-ring (bicyclic) bond motifs is 1. The van der Waals surface area contributed by atoms with Crippen molar-refractivity contribution < 1.29 is 0 Å². The standard InChI is InChI=1S/C17H14ClN5OS2/c1-9(20-16-22-23-13(24)7-8-19-17(23)26-16)15-21-14(10(2)25-15)11-3-5-12(18)6-4-11/h3-9H,1-2H3,(H,20,22). The third-order valence-corrected chi connectivity index (χ3v) is 6.07. The predicted molar refractivity (Wildman–Crippen MR) is 106 cm³/mol. The predicted octanol–water partition coefficient (Wildman–Crippen LogP) is 4.41. The van der Waals surface area contributed by atoms with Crippen LogP contribution in [0.15, 0.2) is 41.3 Å². The summed E-state index contributed by atoms with van der Waals surface area (Å²) in [7, 11) is 0. The lowest BCUT2D eigenvalue weighted by atomic mass is 10.1. The zero-order chi connectivity index (χ0) is 18.3. The molecule has 0 aliphatic heterocycles. The maximum absolute atomic E-state index is 11.8. The lowest BCUT2D eigenvalue weighted by Gasteiger charge is -2.08. The van der Waals surface area contributed by atoms with E-state index >= 15 is 0 Å². The second-order valence-electron chi connectivity index (χ2n) is 5.71. The summed E-state index contributed by atoms with van der Waals surface area (Å²) in [4.78, 5) is 22.4. The van der Waals surface area contributed by atoms with Gasteiger partial charge in [0.2, 0.25) is 10.1 Å². The Kier molecular flexibility index (Phi) is 4.47. The molecule has 0 spiro atoms. The third-order valence-electron chi connectivity index (χ3n) is 3.81. The molecule has 26 heavy (non-hydrogen) atoms. The van der Waals surface area contributed by atoms with Gasteiger partial charge in [-0.25, -0.2) is 9.97 Å². The van der Waals surface area contributed by atoms with Crippen LogP contribution in [0.1, 0.15) is 22.9 Å². The molecule has 1 N–H and O–H groups in total. The molecule has 0 aliphatic rings. The van der Waals surface area contributed by atoms with Crippen LogP contribution in [0.2, 0.25) is 5.02 Å². The van der Waals surface area contributed by atoms with Crippen molar-refractivity contribution in [3.05, 3.63) is 61.8 Å². The number of hydrogen-bond donors (Lipinski definition) is 1. The highest BCUT2D eigenvalue weighted by molar-refractivity contribution is 7.20. The Morgan fingerprint density at radius 3 is 2.69 bits per heavy atom. The maximum atomic E-state index is 11.8. The average molecular weight is 404 g/mol. The summed E-state index contributed by atoms with van der Waals surface area (Å²) in [5, 5.41) is 9.89. The van der Waals surface area contributed by atoms with Gasteiger partial charge in [0.25, 0.3) is 5.56 Å². The topological polar surface area (TPSA) is 72.2 Å². The van der Waals surface area contributed by atoms with Crippen LogP contribution < -0.4 is 10.9 Å². The van der Waals surface area contributed by atoms with Crippen molar-refractivity contribution in [2.75, 3.05) is 5.32 Å². The van der Waals surface area contributed by atoms with Crippen molar-refractivity contribution >= 4 is 44.4 Å². The van der Waals surface area contributed by atoms with Crippen LogP contribution in [0.3, 0.4) is 0 Å². The Balaban J connectivity index is 1.60. The van der Waals surface area contributed by atoms with Gasteiger partial charge in [0.15, 0.2) is 0 Å². The van der Waals surface area contributed by atoms with Gasteiger partial charge in [-0.2, -0.15) is 4.52 Å². The minimum Gasteiger partial charge on any atom is -0.351 e. The molecule has 3 aromatic heterocycles. The largest absolute Gasteiger partial charge is 0.351 e. The number of nitrogens with one attached hydrogen (secondary N) is 1. The number of aryl methyl sites for hydroxylation is 1. The Labute approximate surface area is 162 Å². The number of rotatable bonds is 4. The molecule has 3 heterocycles. The van der Waals surface area contributed by atoms with Crippen molar-refractivity contribution in [1.82, 2.24) is 19.6 Å². The first kappa shape index (κ1) is 17.1. The van der Waals surface area contributed by atoms with E-state index in [9.17, 15) is 4.79 Å². The minimum absolute atomic E-state index is 0.0454. The van der Waals surface area contributed by atoms with Gasteiger partial charge in [0, 0.05) is 27.7 Å². The van der Waals surface area contributed by atoms with Crippen molar-refractivity contribution in [2.45, 2.75) is 19.9 Å². The van der Waals surface area contributed by atoms with Crippen molar-refractivity contribution in [2.24, 2.45) is 0 Å². The summed E-state index contributed by atoms with van der Waals surface area (Å²) in [5.74, 6) is 0. The van der Waals surface area contributed by atoms with E-state index in [1.54, 1.807) is 11.3 Å². The second-order valence-corrected chi connectivity index (χ2v) is 8.34. The molecular formula is C17H14ClN5OS2. The molecule has 4 rings (SSSR count). The van der Waals surface area contributed by atoms with Gasteiger partial charge in [-0.1, -0.05) is 35.1 Å². The van der Waals surface area contributed by atoms with E-state index in [-0.39, 0.29) is 11.6 Å². The number of anilines is 1. The van der Waals surface area contributed by atoms with E-state index in [2.05, 4.69) is 22.3 Å². The molecule has 6 nitrogen and oxygen atoms in total. The second kappa shape index (κ2) is 6.79. The quantitative estimate of drug-likeness (QED) is 0.546. The summed E-state index contributed by atoms with van der Waals surface area (Å²) in [6, 6.07) is 9.01. The SMILES string of the molecule is Cc1sc(C(C)Nc2nn3c(=O)ccnc3s2)nc1-c1ccc(Cl)cc1. The van der Waals surface area contributed by atoms with Crippen LogP contribution in [-0.4, -0.2) is 19.6 Å². The molecule has 1 aromatic carbocycles. The van der Waals surface area contributed by atoms with Crippen LogP contribution >= 0.6 is 34.3 Å². The Morgan fingerprint density at radius 2 is 1.96 bits per heavy atom. The van der Waals surface area contributed by atoms with E-state index in [1.807, 2.05) is 31.2 Å². The van der Waals surface area contributed by atoms with E-state index in [4.69, 9.17) is 16.6 Å². The fraction of sp³-hybridized carbons (Fsp3) is 0.176. The zero-order valence-electron chi connectivity index (χ0n) is 13.9. The first-order chi connectivity index (χ1) is 12.5. The molecule has 9 heteroatoms. The molecule has 0 fully saturated rings. The maximum Gasteiger partial charge on any atom is 0.275 e. The van der Waals surface area contributed by atoms with Crippen LogP contribution in [0.5, 0.6) is 0 Å². The van der Waals surface area contributed by atoms with Crippen molar-refractivity contribution in [3.63, 3.8) is 0 Å². The summed E-state index contributed by atoms with van der Waals surface area (Å²) < 4.78 is 1.30. The molecule has 1 atom stereocenters. The molecular weight excluding hydrogens is 390 g/mol. The highest BCUT2D eigenvalue weighted by atomic mass is 35.5. The molecule has 0 radical (unpaired) electrons. The first-order valence-corrected chi connectivity index (χ1v) is 9.87. The van der Waals surface area contributed by atoms with Gasteiger partial charge in [-0.15, -0.1) is 16.4 Å². The van der Waals surface area contributed by atoms with Crippen LogP contribution in [0, 0.1) is 6.92 Å². The van der Waals surface area contributed by atoms with E-state index in [0.29, 0.717) is 15.1 Å². The number of benzene rings is 1. The molecule has 132 valence electrons. The fourth-order valence-corrected chi connectivity index (χ4v) is 4.46. The van der Waals surface area contributed by atoms with E-state index < -0.39 is 0 Å². The summed E-state index contributed by atoms with van der Waals surface area (Å²) in [6.45, 7) is 4.07. The van der Waals surface area contributed by atoms with Gasteiger partial charge < -0.3 is 5.32 Å². The molecule has 0 saturated carbocycles. The van der Waals surface area contributed by atoms with Gasteiger partial charge in [0.1, 0.15) is 5.01 Å². The van der Waals surface area contributed by atoms with E-state index in [0.717, 1.165) is 21.1 Å². The molecule has 1 unspecified atom stereocenters. The van der Waals surface area contributed by atoms with Crippen molar-refractivity contribution in [3.8, 4) is 11.3 Å². The Hall–Kier alpha value is -2.29. The normalized spacial score (nSPS) is 12.4. The molecule has 0 bridgehead atoms. The molecule has 0 amide bonds. The number of aromatic nitrogens is 4. The Bertz CT molecular complexity index is 1130. The van der Waals surface area contributed by atoms with Gasteiger partial charge in [-0.05, 0) is 26.0 Å². The smallest absolute Gasteiger partial charge is 0.275 e.